The van der Waals surface area contributed by atoms with Gasteiger partial charge in [-0.2, -0.15) is 0 Å². The van der Waals surface area contributed by atoms with Gasteiger partial charge in [0.25, 0.3) is 0 Å². The van der Waals surface area contributed by atoms with E-state index in [1.807, 2.05) is 32.6 Å². The Morgan fingerprint density at radius 1 is 0.672 bits per heavy atom. The highest BCUT2D eigenvalue weighted by Gasteiger charge is 2.45. The van der Waals surface area contributed by atoms with Crippen molar-refractivity contribution in [2.24, 2.45) is 35.5 Å². The summed E-state index contributed by atoms with van der Waals surface area (Å²) in [6.45, 7) is 16.1. The molecule has 14 nitrogen and oxygen atoms in total. The molecule has 0 N–H and O–H groups in total. The lowest BCUT2D eigenvalue weighted by atomic mass is 9.91. The Morgan fingerprint density at radius 2 is 1.08 bits per heavy atom. The summed E-state index contributed by atoms with van der Waals surface area (Å²) in [5.41, 5.74) is -0.441. The number of carbonyl (C=O) groups is 1. The van der Waals surface area contributed by atoms with E-state index in [1.165, 1.54) is 38.5 Å². The van der Waals surface area contributed by atoms with Gasteiger partial charge in [-0.25, -0.2) is 37.5 Å². The normalized spacial score (nSPS) is 25.1. The number of hydrogen-bond acceptors (Lipinski definition) is 12. The maximum Gasteiger partial charge on any atom is 0.410 e. The number of rotatable bonds is 14. The lowest BCUT2D eigenvalue weighted by molar-refractivity contribution is -0.0154. The molecule has 4 aliphatic heterocycles. The zero-order valence-electron chi connectivity index (χ0n) is 37.4. The molecule has 4 saturated heterocycles. The maximum atomic E-state index is 12.3. The fourth-order valence-corrected chi connectivity index (χ4v) is 11.7. The van der Waals surface area contributed by atoms with E-state index in [1.54, 1.807) is 29.1 Å². The molecule has 2 aliphatic carbocycles. The third-order valence-corrected chi connectivity index (χ3v) is 16.1. The number of halogens is 2. The van der Waals surface area contributed by atoms with Gasteiger partial charge in [0.05, 0.1) is 66.0 Å². The first kappa shape index (κ1) is 52.4. The number of anilines is 2. The van der Waals surface area contributed by atoms with Crippen molar-refractivity contribution < 1.29 is 27.4 Å². The molecule has 0 aromatic carbocycles. The summed E-state index contributed by atoms with van der Waals surface area (Å²) in [6, 6.07) is 0. The van der Waals surface area contributed by atoms with Gasteiger partial charge >= 0.3 is 6.09 Å². The molecule has 0 unspecified atom stereocenters. The van der Waals surface area contributed by atoms with Crippen LogP contribution in [0.4, 0.5) is 16.7 Å². The number of ether oxygens (including phenoxy) is 3. The average Bonchev–Trinajstić information content (AvgIpc) is 4.21. The Bertz CT molecular complexity index is 1810. The van der Waals surface area contributed by atoms with Gasteiger partial charge in [-0.3, -0.25) is 0 Å². The van der Waals surface area contributed by atoms with Gasteiger partial charge < -0.3 is 28.9 Å². The van der Waals surface area contributed by atoms with Gasteiger partial charge in [0.1, 0.15) is 5.60 Å². The average molecular weight is 954 g/mol. The Morgan fingerprint density at radius 3 is 1.47 bits per heavy atom. The van der Waals surface area contributed by atoms with Gasteiger partial charge in [-0.15, -0.1) is 0 Å². The molecule has 8 rings (SSSR count). The Hall–Kier alpha value is -2.56. The first-order valence-corrected chi connectivity index (χ1v) is 25.7. The van der Waals surface area contributed by atoms with Crippen LogP contribution in [0.2, 0.25) is 10.0 Å². The zero-order valence-corrected chi connectivity index (χ0v) is 39.7. The van der Waals surface area contributed by atoms with E-state index in [-0.39, 0.29) is 38.9 Å². The fourth-order valence-electron chi connectivity index (χ4n) is 9.86. The molecule has 2 aromatic heterocycles. The Balaban J connectivity index is 0.000000234. The standard InChI is InChI=1S/C23H35ClN4O3.C22H35ClN4O3S.2CH4/c1-23(2,3)31-22(29)28-10-6-19(7-11-28)30-15-17-12-20(17)16-4-8-27(9-5-16)21-25-13-18(24)14-26-21;1-2-3-12-31(28,29)27-10-6-20(7-11-27)30-16-18-13-21(18)17-4-8-26(9-5-17)22-24-14-19(23)15-25-22;;/h13-14,16-17,19-20H,4-12,15H2,1-3H3;14-15,17-18,20-21H,2-13,16H2,1H3;2*1H4/t17-,20+;18-,21+;;/m00../s1. The number of amides is 1. The van der Waals surface area contributed by atoms with E-state index in [0.29, 0.717) is 35.0 Å². The predicted molar refractivity (Wildman–Crippen MR) is 257 cm³/mol. The highest BCUT2D eigenvalue weighted by Crippen LogP contribution is 2.49. The Kier molecular flexibility index (Phi) is 19.6. The monoisotopic (exact) mass is 953 g/mol. The number of aromatic nitrogens is 4. The van der Waals surface area contributed by atoms with Crippen molar-refractivity contribution in [1.82, 2.24) is 29.1 Å². The number of hydrogen-bond donors (Lipinski definition) is 0. The highest BCUT2D eigenvalue weighted by molar-refractivity contribution is 7.89. The molecule has 17 heteroatoms. The van der Waals surface area contributed by atoms with Gasteiger partial charge in [-0.1, -0.05) is 51.4 Å². The first-order valence-electron chi connectivity index (χ1n) is 23.4. The quantitative estimate of drug-likeness (QED) is 0.178. The third kappa shape index (κ3) is 15.2. The van der Waals surface area contributed by atoms with Crippen LogP contribution in [0.5, 0.6) is 0 Å². The summed E-state index contributed by atoms with van der Waals surface area (Å²) >= 11 is 11.8. The summed E-state index contributed by atoms with van der Waals surface area (Å²) in [6.07, 6.45) is 19.3. The second-order valence-corrected chi connectivity index (χ2v) is 22.4. The van der Waals surface area contributed by atoms with E-state index in [9.17, 15) is 13.2 Å². The molecule has 6 fully saturated rings. The van der Waals surface area contributed by atoms with Crippen LogP contribution in [0.1, 0.15) is 120 Å². The molecule has 1 amide bonds. The molecule has 0 bridgehead atoms. The van der Waals surface area contributed by atoms with Crippen LogP contribution >= 0.6 is 23.2 Å². The molecule has 362 valence electrons. The molecule has 64 heavy (non-hydrogen) atoms. The molecule has 2 saturated carbocycles. The minimum absolute atomic E-state index is 0. The molecule has 0 radical (unpaired) electrons. The van der Waals surface area contributed by atoms with Crippen LogP contribution in [0, 0.1) is 35.5 Å². The molecule has 6 heterocycles. The van der Waals surface area contributed by atoms with Crippen LogP contribution < -0.4 is 9.80 Å². The smallest absolute Gasteiger partial charge is 0.410 e. The number of carbonyl (C=O) groups excluding carboxylic acids is 1. The number of unbranched alkanes of at least 4 members (excludes halogenated alkanes) is 1. The molecule has 4 atom stereocenters. The van der Waals surface area contributed by atoms with Gasteiger partial charge in [-0.05, 0) is 127 Å². The van der Waals surface area contributed by atoms with E-state index < -0.39 is 15.6 Å². The van der Waals surface area contributed by atoms with Crippen LogP contribution in [0.25, 0.3) is 0 Å². The van der Waals surface area contributed by atoms with Crippen molar-refractivity contribution in [3.63, 3.8) is 0 Å². The second-order valence-electron chi connectivity index (χ2n) is 19.5. The number of piperidine rings is 4. The SMILES string of the molecule is C.C.CC(C)(C)OC(=O)N1CCC(OC[C@@H]2C[C@@H]2C2CCN(c3ncc(Cl)cn3)CC2)CC1.CCCCS(=O)(=O)N1CCC(OC[C@@H]2C[C@@H]2C2CCN(c3ncc(Cl)cn3)CC2)CC1. The predicted octanol–water partition coefficient (Wildman–Crippen LogP) is 9.26. The first-order chi connectivity index (χ1) is 29.7. The van der Waals surface area contributed by atoms with E-state index in [2.05, 4.69) is 29.7 Å². The fraction of sp³-hybridized carbons (Fsp3) is 0.809. The largest absolute Gasteiger partial charge is 0.444 e. The van der Waals surface area contributed by atoms with Gasteiger partial charge in [0.2, 0.25) is 21.9 Å². The summed E-state index contributed by atoms with van der Waals surface area (Å²) in [5, 5.41) is 1.15. The van der Waals surface area contributed by atoms with E-state index in [0.717, 1.165) is 127 Å². The van der Waals surface area contributed by atoms with Crippen molar-refractivity contribution in [3.8, 4) is 0 Å². The molecular weight excluding hydrogens is 876 g/mol. The van der Waals surface area contributed by atoms with Crippen LogP contribution in [-0.4, -0.2) is 133 Å². The van der Waals surface area contributed by atoms with E-state index in [4.69, 9.17) is 37.4 Å². The molecule has 6 aliphatic rings. The summed E-state index contributed by atoms with van der Waals surface area (Å²) in [4.78, 5) is 35.9. The summed E-state index contributed by atoms with van der Waals surface area (Å²) in [7, 11) is -3.08. The minimum atomic E-state index is -3.08. The molecule has 2 aromatic rings. The lowest BCUT2D eigenvalue weighted by Crippen LogP contribution is -2.43. The van der Waals surface area contributed by atoms with Crippen molar-refractivity contribution in [2.45, 2.75) is 137 Å². The minimum Gasteiger partial charge on any atom is -0.444 e. The van der Waals surface area contributed by atoms with Crippen molar-refractivity contribution in [2.75, 3.05) is 81.1 Å². The Labute approximate surface area is 394 Å². The molecular formula is C47H78Cl2N8O6S. The maximum absolute atomic E-state index is 12.3. The topological polar surface area (TPSA) is 143 Å². The summed E-state index contributed by atoms with van der Waals surface area (Å²) < 4.78 is 44.3. The van der Waals surface area contributed by atoms with Gasteiger partial charge in [0.15, 0.2) is 0 Å². The number of sulfonamides is 1. The number of nitrogens with zero attached hydrogens (tertiary/aromatic N) is 8. The third-order valence-electron chi connectivity index (χ3n) is 13.8. The summed E-state index contributed by atoms with van der Waals surface area (Å²) in [5.74, 6) is 6.35. The van der Waals surface area contributed by atoms with Gasteiger partial charge in [0, 0.05) is 52.4 Å². The molecule has 0 spiro atoms. The zero-order chi connectivity index (χ0) is 43.9. The van der Waals surface area contributed by atoms with Crippen molar-refractivity contribution in [1.29, 1.82) is 0 Å². The van der Waals surface area contributed by atoms with Crippen LogP contribution in [-0.2, 0) is 24.2 Å². The van der Waals surface area contributed by atoms with Crippen LogP contribution in [0.15, 0.2) is 24.8 Å². The van der Waals surface area contributed by atoms with Crippen molar-refractivity contribution in [3.05, 3.63) is 34.8 Å². The number of likely N-dealkylation sites (tertiary alicyclic amines) is 1. The lowest BCUT2D eigenvalue weighted by Gasteiger charge is -2.33. The van der Waals surface area contributed by atoms with Crippen molar-refractivity contribution >= 4 is 51.2 Å². The second kappa shape index (κ2) is 23.9. The van der Waals surface area contributed by atoms with E-state index >= 15 is 0 Å². The highest BCUT2D eigenvalue weighted by atomic mass is 35.5. The van der Waals surface area contributed by atoms with Crippen LogP contribution in [0.3, 0.4) is 0 Å².